The minimum absolute atomic E-state index is 0.0783. The van der Waals surface area contributed by atoms with Gasteiger partial charge in [0.15, 0.2) is 0 Å². The van der Waals surface area contributed by atoms with Crippen molar-refractivity contribution in [1.29, 1.82) is 0 Å². The van der Waals surface area contributed by atoms with E-state index in [-0.39, 0.29) is 5.91 Å². The molecule has 0 radical (unpaired) electrons. The van der Waals surface area contributed by atoms with E-state index in [0.717, 1.165) is 29.1 Å². The van der Waals surface area contributed by atoms with Crippen molar-refractivity contribution < 1.29 is 4.79 Å². The summed E-state index contributed by atoms with van der Waals surface area (Å²) < 4.78 is 2.01. The van der Waals surface area contributed by atoms with Crippen LogP contribution in [0.2, 0.25) is 0 Å². The van der Waals surface area contributed by atoms with Crippen LogP contribution in [0.25, 0.3) is 0 Å². The number of aryl methyl sites for hydroxylation is 3. The lowest BCUT2D eigenvalue weighted by Gasteiger charge is -2.14. The summed E-state index contributed by atoms with van der Waals surface area (Å²) in [7, 11) is 0. The van der Waals surface area contributed by atoms with E-state index in [4.69, 9.17) is 0 Å². The smallest absolute Gasteiger partial charge is 0.224 e. The third-order valence-corrected chi connectivity index (χ3v) is 3.85. The topological polar surface area (TPSA) is 46.9 Å². The normalized spacial score (nSPS) is 12.2. The van der Waals surface area contributed by atoms with Gasteiger partial charge >= 0.3 is 0 Å². The zero-order chi connectivity index (χ0) is 16.1. The average molecular weight is 299 g/mol. The molecule has 0 saturated heterocycles. The Bertz CT molecular complexity index is 646. The van der Waals surface area contributed by atoms with Crippen molar-refractivity contribution in [2.24, 2.45) is 5.92 Å². The van der Waals surface area contributed by atoms with Crippen LogP contribution in [0.5, 0.6) is 0 Å². The quantitative estimate of drug-likeness (QED) is 0.891. The molecule has 0 saturated carbocycles. The van der Waals surface area contributed by atoms with Gasteiger partial charge in [-0.2, -0.15) is 5.10 Å². The van der Waals surface area contributed by atoms with Gasteiger partial charge in [0.25, 0.3) is 0 Å². The molecule has 0 aliphatic heterocycles. The predicted molar refractivity (Wildman–Crippen MR) is 88.8 cm³/mol. The number of amides is 1. The van der Waals surface area contributed by atoms with Gasteiger partial charge < -0.3 is 5.32 Å². The van der Waals surface area contributed by atoms with Crippen LogP contribution >= 0.6 is 0 Å². The summed E-state index contributed by atoms with van der Waals surface area (Å²) in [4.78, 5) is 12.1. The fraction of sp³-hybridized carbons (Fsp3) is 0.444. The predicted octanol–water partition coefficient (Wildman–Crippen LogP) is 2.80. The highest BCUT2D eigenvalue weighted by atomic mass is 16.1. The molecular formula is C18H25N3O. The van der Waals surface area contributed by atoms with Gasteiger partial charge in [0.05, 0.1) is 12.1 Å². The summed E-state index contributed by atoms with van der Waals surface area (Å²) >= 11 is 0. The molecule has 0 bridgehead atoms. The molecule has 0 fully saturated rings. The average Bonchev–Trinajstić information content (AvgIpc) is 2.77. The SMILES string of the molecule is Cc1cc(C)n(C[C@H](C)CNC(=O)Cc2ccccc2C)n1. The number of rotatable bonds is 6. The Balaban J connectivity index is 1.81. The Morgan fingerprint density at radius 2 is 2.00 bits per heavy atom. The molecule has 118 valence electrons. The van der Waals surface area contributed by atoms with Gasteiger partial charge in [-0.05, 0) is 43.9 Å². The van der Waals surface area contributed by atoms with E-state index in [0.29, 0.717) is 18.9 Å². The minimum Gasteiger partial charge on any atom is -0.355 e. The molecule has 1 atom stereocenters. The highest BCUT2D eigenvalue weighted by Gasteiger charge is 2.10. The molecule has 1 N–H and O–H groups in total. The van der Waals surface area contributed by atoms with E-state index in [1.54, 1.807) is 0 Å². The Labute approximate surface area is 132 Å². The van der Waals surface area contributed by atoms with E-state index < -0.39 is 0 Å². The first-order valence-corrected chi connectivity index (χ1v) is 7.78. The summed E-state index contributed by atoms with van der Waals surface area (Å²) in [5, 5.41) is 7.49. The van der Waals surface area contributed by atoms with Crippen molar-refractivity contribution in [3.8, 4) is 0 Å². The van der Waals surface area contributed by atoms with E-state index in [1.807, 2.05) is 42.8 Å². The highest BCUT2D eigenvalue weighted by Crippen LogP contribution is 2.08. The number of benzene rings is 1. The Kier molecular flexibility index (Phi) is 5.36. The Hall–Kier alpha value is -2.10. The summed E-state index contributed by atoms with van der Waals surface area (Å²) in [5.41, 5.74) is 4.45. The lowest BCUT2D eigenvalue weighted by Crippen LogP contribution is -2.31. The van der Waals surface area contributed by atoms with Crippen molar-refractivity contribution in [1.82, 2.24) is 15.1 Å². The van der Waals surface area contributed by atoms with Crippen molar-refractivity contribution in [2.75, 3.05) is 6.54 Å². The fourth-order valence-corrected chi connectivity index (χ4v) is 2.55. The van der Waals surface area contributed by atoms with Gasteiger partial charge in [0.1, 0.15) is 0 Å². The number of nitrogens with one attached hydrogen (secondary N) is 1. The number of aromatic nitrogens is 2. The first-order chi connectivity index (χ1) is 10.5. The van der Waals surface area contributed by atoms with E-state index in [9.17, 15) is 4.79 Å². The first-order valence-electron chi connectivity index (χ1n) is 7.78. The molecule has 1 aromatic carbocycles. The highest BCUT2D eigenvalue weighted by molar-refractivity contribution is 5.78. The van der Waals surface area contributed by atoms with Gasteiger partial charge in [-0.25, -0.2) is 0 Å². The Morgan fingerprint density at radius 1 is 1.27 bits per heavy atom. The monoisotopic (exact) mass is 299 g/mol. The zero-order valence-electron chi connectivity index (χ0n) is 13.9. The molecule has 0 spiro atoms. The minimum atomic E-state index is 0.0783. The standard InChI is InChI=1S/C18H25N3O/c1-13(12-21-16(4)9-15(3)20-21)11-19-18(22)10-17-8-6-5-7-14(17)2/h5-9,13H,10-12H2,1-4H3,(H,19,22)/t13-/m1/s1. The fourth-order valence-electron chi connectivity index (χ4n) is 2.55. The lowest BCUT2D eigenvalue weighted by molar-refractivity contribution is -0.120. The summed E-state index contributed by atoms with van der Waals surface area (Å²) in [6.07, 6.45) is 0.444. The second-order valence-electron chi connectivity index (χ2n) is 6.12. The first kappa shape index (κ1) is 16.3. The molecule has 22 heavy (non-hydrogen) atoms. The molecule has 1 amide bonds. The van der Waals surface area contributed by atoms with Gasteiger partial charge in [0.2, 0.25) is 5.91 Å². The Morgan fingerprint density at radius 3 is 2.64 bits per heavy atom. The van der Waals surface area contributed by atoms with E-state index in [1.165, 1.54) is 0 Å². The zero-order valence-corrected chi connectivity index (χ0v) is 13.9. The third kappa shape index (κ3) is 4.45. The summed E-state index contributed by atoms with van der Waals surface area (Å²) in [6, 6.07) is 10.1. The maximum absolute atomic E-state index is 12.1. The number of hydrogen-bond acceptors (Lipinski definition) is 2. The molecule has 2 aromatic rings. The molecule has 2 rings (SSSR count). The van der Waals surface area contributed by atoms with Crippen molar-refractivity contribution in [3.05, 3.63) is 52.8 Å². The molecule has 1 aromatic heterocycles. The van der Waals surface area contributed by atoms with E-state index in [2.05, 4.69) is 30.3 Å². The molecule has 0 aliphatic rings. The van der Waals surface area contributed by atoms with Crippen LogP contribution in [0, 0.1) is 26.7 Å². The van der Waals surface area contributed by atoms with Crippen LogP contribution in [0.4, 0.5) is 0 Å². The number of carbonyl (C=O) groups is 1. The number of nitrogens with zero attached hydrogens (tertiary/aromatic N) is 2. The van der Waals surface area contributed by atoms with Gasteiger partial charge in [-0.15, -0.1) is 0 Å². The molecule has 4 nitrogen and oxygen atoms in total. The third-order valence-electron chi connectivity index (χ3n) is 3.85. The van der Waals surface area contributed by atoms with Gasteiger partial charge in [-0.3, -0.25) is 9.48 Å². The van der Waals surface area contributed by atoms with Crippen LogP contribution in [0.15, 0.2) is 30.3 Å². The molecule has 1 heterocycles. The van der Waals surface area contributed by atoms with Crippen molar-refractivity contribution >= 4 is 5.91 Å². The summed E-state index contributed by atoms with van der Waals surface area (Å²) in [5.74, 6) is 0.424. The van der Waals surface area contributed by atoms with Gasteiger partial charge in [0, 0.05) is 18.8 Å². The second kappa shape index (κ2) is 7.25. The molecule has 4 heteroatoms. The van der Waals surface area contributed by atoms with Gasteiger partial charge in [-0.1, -0.05) is 31.2 Å². The van der Waals surface area contributed by atoms with Crippen LogP contribution in [-0.4, -0.2) is 22.2 Å². The van der Waals surface area contributed by atoms with Crippen LogP contribution < -0.4 is 5.32 Å². The number of hydrogen-bond donors (Lipinski definition) is 1. The molecular weight excluding hydrogens is 274 g/mol. The maximum atomic E-state index is 12.1. The van der Waals surface area contributed by atoms with Crippen LogP contribution in [0.3, 0.4) is 0 Å². The van der Waals surface area contributed by atoms with Crippen molar-refractivity contribution in [3.63, 3.8) is 0 Å². The summed E-state index contributed by atoms with van der Waals surface area (Å²) in [6.45, 7) is 9.72. The van der Waals surface area contributed by atoms with Crippen LogP contribution in [0.1, 0.15) is 29.4 Å². The largest absolute Gasteiger partial charge is 0.355 e. The van der Waals surface area contributed by atoms with Crippen LogP contribution in [-0.2, 0) is 17.8 Å². The molecule has 0 unspecified atom stereocenters. The lowest BCUT2D eigenvalue weighted by atomic mass is 10.1. The van der Waals surface area contributed by atoms with E-state index >= 15 is 0 Å². The number of carbonyl (C=O) groups excluding carboxylic acids is 1. The maximum Gasteiger partial charge on any atom is 0.224 e. The van der Waals surface area contributed by atoms with Crippen molar-refractivity contribution in [2.45, 2.75) is 40.7 Å². The second-order valence-corrected chi connectivity index (χ2v) is 6.12. The molecule has 0 aliphatic carbocycles.